The lowest BCUT2D eigenvalue weighted by molar-refractivity contribution is 0.00471. The molecule has 5 rings (SSSR count). The van der Waals surface area contributed by atoms with Gasteiger partial charge in [0, 0.05) is 31.1 Å². The van der Waals surface area contributed by atoms with E-state index in [9.17, 15) is 4.79 Å². The Balaban J connectivity index is 1.60. The van der Waals surface area contributed by atoms with E-state index >= 15 is 0 Å². The van der Waals surface area contributed by atoms with Crippen LogP contribution < -0.4 is 0 Å². The van der Waals surface area contributed by atoms with E-state index in [2.05, 4.69) is 20.1 Å². The van der Waals surface area contributed by atoms with Gasteiger partial charge in [-0.1, -0.05) is 0 Å². The van der Waals surface area contributed by atoms with Gasteiger partial charge in [-0.2, -0.15) is 5.10 Å². The summed E-state index contributed by atoms with van der Waals surface area (Å²) in [5.41, 5.74) is 3.36. The van der Waals surface area contributed by atoms with E-state index < -0.39 is 0 Å². The molecule has 0 saturated heterocycles. The number of amides is 1. The first-order chi connectivity index (χ1) is 11.3. The summed E-state index contributed by atoms with van der Waals surface area (Å²) in [5, 5.41) is 4.27. The minimum atomic E-state index is -0.235. The zero-order valence-electron chi connectivity index (χ0n) is 12.6. The molecule has 116 valence electrons. The monoisotopic (exact) mass is 308 g/mol. The van der Waals surface area contributed by atoms with Crippen molar-refractivity contribution in [3.8, 4) is 0 Å². The van der Waals surface area contributed by atoms with Crippen molar-refractivity contribution in [1.29, 1.82) is 0 Å². The molecule has 23 heavy (non-hydrogen) atoms. The van der Waals surface area contributed by atoms with Crippen LogP contribution in [0.1, 0.15) is 41.0 Å². The van der Waals surface area contributed by atoms with Crippen molar-refractivity contribution in [3.05, 3.63) is 48.1 Å². The zero-order valence-corrected chi connectivity index (χ0v) is 12.6. The first kappa shape index (κ1) is 12.8. The molecule has 1 aliphatic heterocycles. The molecule has 0 bridgehead atoms. The Morgan fingerprint density at radius 1 is 1.30 bits per heavy atom. The summed E-state index contributed by atoms with van der Waals surface area (Å²) >= 11 is 0. The van der Waals surface area contributed by atoms with Gasteiger partial charge in [-0.05, 0) is 19.3 Å². The number of aromatic amines is 1. The Labute approximate surface area is 132 Å². The van der Waals surface area contributed by atoms with Crippen LogP contribution in [-0.2, 0) is 12.0 Å². The van der Waals surface area contributed by atoms with E-state index in [1.807, 2.05) is 4.90 Å². The number of hydrogen-bond acceptors (Lipinski definition) is 4. The maximum atomic E-state index is 13.2. The number of nitrogens with one attached hydrogen (secondary N) is 1. The Morgan fingerprint density at radius 3 is 3.04 bits per heavy atom. The SMILES string of the molecule is O=C(c1cnn2ccncc12)N1CCc2[nH]cnc2C12CCC2. The van der Waals surface area contributed by atoms with E-state index in [4.69, 9.17) is 0 Å². The molecule has 0 atom stereocenters. The Morgan fingerprint density at radius 2 is 2.22 bits per heavy atom. The summed E-state index contributed by atoms with van der Waals surface area (Å²) in [7, 11) is 0. The molecule has 0 aromatic carbocycles. The summed E-state index contributed by atoms with van der Waals surface area (Å²) in [6.07, 6.45) is 12.4. The van der Waals surface area contributed by atoms with Crippen LogP contribution >= 0.6 is 0 Å². The molecule has 7 heteroatoms. The molecule has 4 heterocycles. The predicted molar refractivity (Wildman–Crippen MR) is 81.8 cm³/mol. The summed E-state index contributed by atoms with van der Waals surface area (Å²) in [5.74, 6) is 0.0290. The predicted octanol–water partition coefficient (Wildman–Crippen LogP) is 1.53. The average Bonchev–Trinajstić information content (AvgIpc) is 3.18. The maximum Gasteiger partial charge on any atom is 0.258 e. The first-order valence-electron chi connectivity index (χ1n) is 7.92. The number of hydrogen-bond donors (Lipinski definition) is 1. The summed E-state index contributed by atoms with van der Waals surface area (Å²) in [6, 6.07) is 0. The highest BCUT2D eigenvalue weighted by Crippen LogP contribution is 2.49. The second-order valence-corrected chi connectivity index (χ2v) is 6.29. The number of carbonyl (C=O) groups excluding carboxylic acids is 1. The molecule has 2 aliphatic rings. The summed E-state index contributed by atoms with van der Waals surface area (Å²) in [4.78, 5) is 27.1. The third-order valence-electron chi connectivity index (χ3n) is 5.24. The minimum absolute atomic E-state index is 0.0290. The van der Waals surface area contributed by atoms with Crippen LogP contribution in [0.15, 0.2) is 31.1 Å². The molecular formula is C16H16N6O. The van der Waals surface area contributed by atoms with E-state index in [1.54, 1.807) is 35.6 Å². The molecule has 3 aromatic rings. The van der Waals surface area contributed by atoms with Gasteiger partial charge in [-0.3, -0.25) is 9.78 Å². The van der Waals surface area contributed by atoms with Gasteiger partial charge in [-0.25, -0.2) is 9.50 Å². The van der Waals surface area contributed by atoms with Gasteiger partial charge in [0.2, 0.25) is 0 Å². The minimum Gasteiger partial charge on any atom is -0.348 e. The van der Waals surface area contributed by atoms with Gasteiger partial charge in [-0.15, -0.1) is 0 Å². The van der Waals surface area contributed by atoms with Crippen molar-refractivity contribution in [2.45, 2.75) is 31.2 Å². The van der Waals surface area contributed by atoms with Crippen molar-refractivity contribution in [1.82, 2.24) is 29.5 Å². The molecule has 1 amide bonds. The Kier molecular flexibility index (Phi) is 2.45. The number of rotatable bonds is 1. The molecule has 3 aromatic heterocycles. The first-order valence-corrected chi connectivity index (χ1v) is 7.92. The van der Waals surface area contributed by atoms with Crippen molar-refractivity contribution >= 4 is 11.4 Å². The summed E-state index contributed by atoms with van der Waals surface area (Å²) < 4.78 is 1.69. The third-order valence-corrected chi connectivity index (χ3v) is 5.24. The van der Waals surface area contributed by atoms with Crippen LogP contribution in [0.2, 0.25) is 0 Å². The molecular weight excluding hydrogens is 292 g/mol. The lowest BCUT2D eigenvalue weighted by Crippen LogP contribution is -2.57. The largest absolute Gasteiger partial charge is 0.348 e. The highest BCUT2D eigenvalue weighted by molar-refractivity contribution is 6.01. The standard InChI is InChI=1S/C16H16N6O/c23-15(11-8-20-22-7-5-17-9-13(11)22)21-6-2-12-14(19-10-18-12)16(21)3-1-4-16/h5,7-10H,1-4,6H2,(H,18,19). The van der Waals surface area contributed by atoms with E-state index in [0.717, 1.165) is 36.9 Å². The Hall–Kier alpha value is -2.70. The third kappa shape index (κ3) is 1.59. The number of aromatic nitrogens is 5. The highest BCUT2D eigenvalue weighted by atomic mass is 16.2. The lowest BCUT2D eigenvalue weighted by Gasteiger charge is -2.51. The van der Waals surface area contributed by atoms with Crippen LogP contribution in [0.25, 0.3) is 5.52 Å². The zero-order chi connectivity index (χ0) is 15.4. The molecule has 0 radical (unpaired) electrons. The van der Waals surface area contributed by atoms with Gasteiger partial charge in [0.25, 0.3) is 5.91 Å². The average molecular weight is 308 g/mol. The fourth-order valence-corrected chi connectivity index (χ4v) is 3.94. The van der Waals surface area contributed by atoms with Crippen LogP contribution in [0.3, 0.4) is 0 Å². The quantitative estimate of drug-likeness (QED) is 0.739. The fourth-order valence-electron chi connectivity index (χ4n) is 3.94. The van der Waals surface area contributed by atoms with Crippen molar-refractivity contribution in [2.75, 3.05) is 6.54 Å². The summed E-state index contributed by atoms with van der Waals surface area (Å²) in [6.45, 7) is 0.714. The number of carbonyl (C=O) groups is 1. The fraction of sp³-hybridized carbons (Fsp3) is 0.375. The molecule has 1 fully saturated rings. The number of nitrogens with zero attached hydrogens (tertiary/aromatic N) is 5. The van der Waals surface area contributed by atoms with Crippen molar-refractivity contribution < 1.29 is 4.79 Å². The van der Waals surface area contributed by atoms with Crippen LogP contribution in [0, 0.1) is 0 Å². The second kappa shape index (κ2) is 4.41. The van der Waals surface area contributed by atoms with E-state index in [1.165, 1.54) is 5.69 Å². The van der Waals surface area contributed by atoms with Gasteiger partial charge in [0.1, 0.15) is 0 Å². The number of H-pyrrole nitrogens is 1. The molecule has 1 aliphatic carbocycles. The number of fused-ring (bicyclic) bond motifs is 3. The van der Waals surface area contributed by atoms with E-state index in [-0.39, 0.29) is 11.4 Å². The van der Waals surface area contributed by atoms with Gasteiger partial charge in [0.05, 0.1) is 41.0 Å². The van der Waals surface area contributed by atoms with Crippen LogP contribution in [0.4, 0.5) is 0 Å². The molecule has 1 spiro atoms. The number of imidazole rings is 1. The van der Waals surface area contributed by atoms with Gasteiger partial charge < -0.3 is 9.88 Å². The molecule has 1 N–H and O–H groups in total. The topological polar surface area (TPSA) is 79.2 Å². The molecule has 1 saturated carbocycles. The molecule has 7 nitrogen and oxygen atoms in total. The lowest BCUT2D eigenvalue weighted by atomic mass is 9.70. The van der Waals surface area contributed by atoms with Crippen LogP contribution in [-0.4, -0.2) is 41.9 Å². The smallest absolute Gasteiger partial charge is 0.258 e. The second-order valence-electron chi connectivity index (χ2n) is 6.29. The highest BCUT2D eigenvalue weighted by Gasteiger charge is 2.51. The van der Waals surface area contributed by atoms with Crippen molar-refractivity contribution in [3.63, 3.8) is 0 Å². The van der Waals surface area contributed by atoms with Crippen LogP contribution in [0.5, 0.6) is 0 Å². The molecule has 0 unspecified atom stereocenters. The Bertz CT molecular complexity index is 906. The maximum absolute atomic E-state index is 13.2. The van der Waals surface area contributed by atoms with E-state index in [0.29, 0.717) is 12.1 Å². The van der Waals surface area contributed by atoms with Gasteiger partial charge >= 0.3 is 0 Å². The van der Waals surface area contributed by atoms with Crippen molar-refractivity contribution in [2.24, 2.45) is 0 Å². The van der Waals surface area contributed by atoms with Gasteiger partial charge in [0.15, 0.2) is 0 Å². The normalized spacial score (nSPS) is 18.9.